The molecule has 26 heavy (non-hydrogen) atoms. The van der Waals surface area contributed by atoms with Crippen molar-refractivity contribution in [3.8, 4) is 0 Å². The van der Waals surface area contributed by atoms with Gasteiger partial charge in [0.05, 0.1) is 25.4 Å². The summed E-state index contributed by atoms with van der Waals surface area (Å²) in [6.07, 6.45) is 1.67. The van der Waals surface area contributed by atoms with Crippen molar-refractivity contribution in [3.05, 3.63) is 102 Å². The van der Waals surface area contributed by atoms with Crippen LogP contribution in [-0.4, -0.2) is 20.2 Å². The van der Waals surface area contributed by atoms with Gasteiger partial charge in [-0.05, 0) is 33.7 Å². The first-order valence-corrected chi connectivity index (χ1v) is 8.51. The molecule has 1 atom stereocenters. The zero-order valence-corrected chi connectivity index (χ0v) is 14.2. The largest absolute Gasteiger partial charge is 0.468 e. The Morgan fingerprint density at radius 1 is 0.923 bits per heavy atom. The molecule has 0 saturated heterocycles. The van der Waals surface area contributed by atoms with Crippen molar-refractivity contribution >= 4 is 0 Å². The number of nitrogens with zero attached hydrogens (tertiary/aromatic N) is 4. The van der Waals surface area contributed by atoms with Crippen LogP contribution < -0.4 is 5.32 Å². The molecule has 0 aliphatic carbocycles. The Morgan fingerprint density at radius 3 is 2.42 bits per heavy atom. The van der Waals surface area contributed by atoms with E-state index >= 15 is 0 Å². The molecule has 0 fully saturated rings. The van der Waals surface area contributed by atoms with Crippen LogP contribution in [0.2, 0.25) is 0 Å². The molecule has 2 heterocycles. The van der Waals surface area contributed by atoms with Crippen LogP contribution in [0.4, 0.5) is 0 Å². The number of benzene rings is 2. The van der Waals surface area contributed by atoms with Crippen LogP contribution in [0.1, 0.15) is 28.8 Å². The molecular weight excluding hydrogens is 326 g/mol. The summed E-state index contributed by atoms with van der Waals surface area (Å²) in [6.45, 7) is 1.21. The number of hydrogen-bond acceptors (Lipinski definition) is 5. The van der Waals surface area contributed by atoms with Gasteiger partial charge in [-0.3, -0.25) is 5.32 Å². The zero-order chi connectivity index (χ0) is 17.6. The quantitative estimate of drug-likeness (QED) is 0.557. The molecule has 2 aromatic carbocycles. The molecule has 1 unspecified atom stereocenters. The van der Waals surface area contributed by atoms with Crippen LogP contribution in [0.5, 0.6) is 0 Å². The van der Waals surface area contributed by atoms with Crippen molar-refractivity contribution in [2.45, 2.75) is 19.1 Å². The normalized spacial score (nSPS) is 12.2. The van der Waals surface area contributed by atoms with E-state index in [2.05, 4.69) is 45.1 Å². The van der Waals surface area contributed by atoms with Gasteiger partial charge in [0, 0.05) is 0 Å². The van der Waals surface area contributed by atoms with Crippen LogP contribution in [0, 0.1) is 0 Å². The second-order valence-corrected chi connectivity index (χ2v) is 5.98. The fraction of sp³-hybridized carbons (Fsp3) is 0.150. The monoisotopic (exact) mass is 345 g/mol. The predicted octanol–water partition coefficient (Wildman–Crippen LogP) is 3.19. The van der Waals surface area contributed by atoms with Crippen molar-refractivity contribution in [2.75, 3.05) is 0 Å². The number of aromatic nitrogens is 4. The molecule has 0 spiro atoms. The smallest absolute Gasteiger partial charge is 0.173 e. The average molecular weight is 345 g/mol. The maximum atomic E-state index is 5.44. The highest BCUT2D eigenvalue weighted by Gasteiger charge is 2.21. The fourth-order valence-electron chi connectivity index (χ4n) is 2.91. The van der Waals surface area contributed by atoms with E-state index in [1.54, 1.807) is 6.26 Å². The Bertz CT molecular complexity index is 919. The Hall–Kier alpha value is -3.25. The molecule has 130 valence electrons. The Morgan fingerprint density at radius 2 is 1.69 bits per heavy atom. The molecule has 1 N–H and O–H groups in total. The minimum atomic E-state index is -0.139. The van der Waals surface area contributed by atoms with E-state index < -0.39 is 0 Å². The second kappa shape index (κ2) is 7.76. The molecule has 0 radical (unpaired) electrons. The first-order valence-electron chi connectivity index (χ1n) is 8.51. The van der Waals surface area contributed by atoms with Crippen molar-refractivity contribution in [2.24, 2.45) is 0 Å². The topological polar surface area (TPSA) is 68.8 Å². The van der Waals surface area contributed by atoms with Crippen LogP contribution in [0.15, 0.2) is 83.5 Å². The maximum Gasteiger partial charge on any atom is 0.173 e. The molecule has 6 heteroatoms. The number of rotatable bonds is 7. The third kappa shape index (κ3) is 3.70. The van der Waals surface area contributed by atoms with E-state index in [9.17, 15) is 0 Å². The van der Waals surface area contributed by atoms with Gasteiger partial charge in [0.15, 0.2) is 5.82 Å². The van der Waals surface area contributed by atoms with Crippen molar-refractivity contribution in [3.63, 3.8) is 0 Å². The minimum Gasteiger partial charge on any atom is -0.468 e. The van der Waals surface area contributed by atoms with Crippen LogP contribution >= 0.6 is 0 Å². The summed E-state index contributed by atoms with van der Waals surface area (Å²) in [6, 6.07) is 24.0. The number of hydrogen-bond donors (Lipinski definition) is 1. The van der Waals surface area contributed by atoms with E-state index in [4.69, 9.17) is 4.42 Å². The maximum absolute atomic E-state index is 5.44. The van der Waals surface area contributed by atoms with Crippen molar-refractivity contribution in [1.82, 2.24) is 25.5 Å². The number of nitrogens with one attached hydrogen (secondary N) is 1. The van der Waals surface area contributed by atoms with E-state index in [0.29, 0.717) is 13.1 Å². The standard InChI is InChI=1S/C20H19N5O/c1-3-8-16(9-4-1)15-25-20(22-23-24-25)19(17-10-5-2-6-11-17)21-14-18-12-7-13-26-18/h1-13,19,21H,14-15H2. The van der Waals surface area contributed by atoms with Gasteiger partial charge in [0.2, 0.25) is 0 Å². The molecule has 0 bridgehead atoms. The van der Waals surface area contributed by atoms with Crippen LogP contribution in [-0.2, 0) is 13.1 Å². The van der Waals surface area contributed by atoms with Crippen molar-refractivity contribution < 1.29 is 4.42 Å². The van der Waals surface area contributed by atoms with Gasteiger partial charge in [0.1, 0.15) is 5.76 Å². The van der Waals surface area contributed by atoms with Gasteiger partial charge in [-0.25, -0.2) is 4.68 Å². The van der Waals surface area contributed by atoms with E-state index in [1.807, 2.05) is 53.2 Å². The fourth-order valence-corrected chi connectivity index (χ4v) is 2.91. The Balaban J connectivity index is 1.62. The lowest BCUT2D eigenvalue weighted by Crippen LogP contribution is -2.25. The highest BCUT2D eigenvalue weighted by atomic mass is 16.3. The number of furan rings is 1. The van der Waals surface area contributed by atoms with Crippen LogP contribution in [0.25, 0.3) is 0 Å². The summed E-state index contributed by atoms with van der Waals surface area (Å²) in [4.78, 5) is 0. The highest BCUT2D eigenvalue weighted by molar-refractivity contribution is 5.25. The van der Waals surface area contributed by atoms with Crippen molar-refractivity contribution in [1.29, 1.82) is 0 Å². The lowest BCUT2D eigenvalue weighted by Gasteiger charge is -2.18. The Kier molecular flexibility index (Phi) is 4.84. The highest BCUT2D eigenvalue weighted by Crippen LogP contribution is 2.21. The summed E-state index contributed by atoms with van der Waals surface area (Å²) in [5.41, 5.74) is 2.25. The lowest BCUT2D eigenvalue weighted by atomic mass is 10.1. The minimum absolute atomic E-state index is 0.139. The SMILES string of the molecule is c1ccc(Cn2nnnc2C(NCc2ccco2)c2ccccc2)cc1. The van der Waals surface area contributed by atoms with E-state index in [-0.39, 0.29) is 6.04 Å². The molecule has 0 aliphatic rings. The molecule has 4 rings (SSSR count). The number of tetrazole rings is 1. The molecule has 6 nitrogen and oxygen atoms in total. The third-order valence-corrected chi connectivity index (χ3v) is 4.19. The zero-order valence-electron chi connectivity index (χ0n) is 14.2. The van der Waals surface area contributed by atoms with Gasteiger partial charge in [0.25, 0.3) is 0 Å². The van der Waals surface area contributed by atoms with E-state index in [1.165, 1.54) is 0 Å². The lowest BCUT2D eigenvalue weighted by molar-refractivity contribution is 0.453. The summed E-state index contributed by atoms with van der Waals surface area (Å²) in [5.74, 6) is 1.64. The summed E-state index contributed by atoms with van der Waals surface area (Å²) < 4.78 is 7.28. The summed E-state index contributed by atoms with van der Waals surface area (Å²) in [7, 11) is 0. The molecule has 2 aromatic heterocycles. The third-order valence-electron chi connectivity index (χ3n) is 4.19. The Labute approximate surface area is 151 Å². The summed E-state index contributed by atoms with van der Waals surface area (Å²) >= 11 is 0. The predicted molar refractivity (Wildman–Crippen MR) is 97.2 cm³/mol. The first-order chi connectivity index (χ1) is 12.9. The van der Waals surface area contributed by atoms with Crippen LogP contribution in [0.3, 0.4) is 0 Å². The van der Waals surface area contributed by atoms with Gasteiger partial charge >= 0.3 is 0 Å². The van der Waals surface area contributed by atoms with E-state index in [0.717, 1.165) is 22.7 Å². The molecule has 0 aliphatic heterocycles. The van der Waals surface area contributed by atoms with Gasteiger partial charge in [-0.1, -0.05) is 60.7 Å². The molecule has 0 saturated carbocycles. The van der Waals surface area contributed by atoms with Gasteiger partial charge in [-0.15, -0.1) is 5.10 Å². The average Bonchev–Trinajstić information content (AvgIpc) is 3.36. The second-order valence-electron chi connectivity index (χ2n) is 5.98. The molecular formula is C20H19N5O. The van der Waals surface area contributed by atoms with Gasteiger partial charge in [-0.2, -0.15) is 0 Å². The molecule has 0 amide bonds. The summed E-state index contributed by atoms with van der Waals surface area (Å²) in [5, 5.41) is 15.9. The first kappa shape index (κ1) is 16.2. The van der Waals surface area contributed by atoms with Gasteiger partial charge < -0.3 is 4.42 Å². The molecule has 4 aromatic rings.